The number of hydrogen-bond donors (Lipinski definition) is 1. The van der Waals surface area contributed by atoms with Gasteiger partial charge in [-0.25, -0.2) is 0 Å². The normalized spacial score (nSPS) is 32.8. The number of Topliss-reactive ketones (excluding diaryl/α,β-unsaturated/α-hetero) is 2. The van der Waals surface area contributed by atoms with Gasteiger partial charge in [-0.05, 0) is 49.8 Å². The predicted octanol–water partition coefficient (Wildman–Crippen LogP) is 2.59. The summed E-state index contributed by atoms with van der Waals surface area (Å²) in [7, 11) is 0. The fraction of sp³-hybridized carbons (Fsp3) is 0.444. The summed E-state index contributed by atoms with van der Waals surface area (Å²) in [5.41, 5.74) is 2.75. The summed E-state index contributed by atoms with van der Waals surface area (Å²) in [4.78, 5) is 25.2. The van der Waals surface area contributed by atoms with Crippen molar-refractivity contribution < 1.29 is 19.4 Å². The van der Waals surface area contributed by atoms with E-state index in [1.807, 2.05) is 19.1 Å². The highest BCUT2D eigenvalue weighted by molar-refractivity contribution is 6.46. The van der Waals surface area contributed by atoms with E-state index in [-0.39, 0.29) is 5.78 Å². The van der Waals surface area contributed by atoms with E-state index in [0.717, 1.165) is 35.1 Å². The quantitative estimate of drug-likeness (QED) is 0.748. The Morgan fingerprint density at radius 2 is 2.09 bits per heavy atom. The third kappa shape index (κ3) is 1.61. The molecule has 4 heteroatoms. The van der Waals surface area contributed by atoms with Gasteiger partial charge in [-0.1, -0.05) is 12.1 Å². The van der Waals surface area contributed by atoms with Gasteiger partial charge in [-0.3, -0.25) is 9.59 Å². The van der Waals surface area contributed by atoms with Crippen molar-refractivity contribution in [3.8, 4) is 0 Å². The van der Waals surface area contributed by atoms with Gasteiger partial charge >= 0.3 is 0 Å². The van der Waals surface area contributed by atoms with Crippen LogP contribution in [0, 0.1) is 5.92 Å². The zero-order chi connectivity index (χ0) is 15.6. The summed E-state index contributed by atoms with van der Waals surface area (Å²) in [6.45, 7) is 3.59. The molecule has 22 heavy (non-hydrogen) atoms. The van der Waals surface area contributed by atoms with Crippen molar-refractivity contribution in [1.29, 1.82) is 0 Å². The van der Waals surface area contributed by atoms with Gasteiger partial charge in [0.2, 0.25) is 11.6 Å². The number of ketones is 2. The Bertz CT molecular complexity index is 742. The zero-order valence-corrected chi connectivity index (χ0v) is 12.7. The van der Waals surface area contributed by atoms with E-state index in [4.69, 9.17) is 4.74 Å². The third-order valence-electron chi connectivity index (χ3n) is 5.25. The maximum Gasteiger partial charge on any atom is 0.230 e. The minimum atomic E-state index is -0.937. The summed E-state index contributed by atoms with van der Waals surface area (Å²) in [5, 5.41) is 10.6. The number of ether oxygens (including phenoxy) is 1. The molecule has 4 nitrogen and oxygen atoms in total. The molecule has 2 aliphatic carbocycles. The summed E-state index contributed by atoms with van der Waals surface area (Å²) in [6.07, 6.45) is 3.40. The first-order chi connectivity index (χ1) is 10.4. The number of hydrogen-bond acceptors (Lipinski definition) is 4. The Morgan fingerprint density at radius 3 is 2.86 bits per heavy atom. The van der Waals surface area contributed by atoms with E-state index in [2.05, 4.69) is 0 Å². The topological polar surface area (TPSA) is 63.6 Å². The molecule has 1 aromatic rings. The predicted molar refractivity (Wildman–Crippen MR) is 79.4 cm³/mol. The lowest BCUT2D eigenvalue weighted by atomic mass is 9.71. The smallest absolute Gasteiger partial charge is 0.230 e. The summed E-state index contributed by atoms with van der Waals surface area (Å²) in [5.74, 6) is -1.30. The maximum atomic E-state index is 12.7. The van der Waals surface area contributed by atoms with Crippen molar-refractivity contribution in [3.63, 3.8) is 0 Å². The molecule has 0 aromatic heterocycles. The minimum Gasteiger partial charge on any atom is -0.492 e. The molecule has 0 spiro atoms. The van der Waals surface area contributed by atoms with Gasteiger partial charge in [0.15, 0.2) is 0 Å². The molecule has 0 saturated heterocycles. The van der Waals surface area contributed by atoms with Gasteiger partial charge in [-0.15, -0.1) is 0 Å². The molecule has 114 valence electrons. The minimum absolute atomic E-state index is 0.387. The van der Waals surface area contributed by atoms with Crippen molar-refractivity contribution in [2.24, 2.45) is 5.92 Å². The lowest BCUT2D eigenvalue weighted by molar-refractivity contribution is -0.120. The lowest BCUT2D eigenvalue weighted by Gasteiger charge is -2.35. The number of benzene rings is 1. The second-order valence-electron chi connectivity index (χ2n) is 6.77. The van der Waals surface area contributed by atoms with E-state index in [9.17, 15) is 14.7 Å². The Balaban J connectivity index is 1.96. The largest absolute Gasteiger partial charge is 0.492 e. The van der Waals surface area contributed by atoms with Gasteiger partial charge in [0.1, 0.15) is 6.10 Å². The van der Waals surface area contributed by atoms with Crippen molar-refractivity contribution in [3.05, 3.63) is 46.2 Å². The first-order valence-electron chi connectivity index (χ1n) is 7.71. The van der Waals surface area contributed by atoms with Crippen LogP contribution in [0.4, 0.5) is 0 Å². The highest BCUT2D eigenvalue weighted by atomic mass is 16.5. The van der Waals surface area contributed by atoms with E-state index in [0.29, 0.717) is 12.0 Å². The number of carbonyl (C=O) groups excluding carboxylic acids is 2. The van der Waals surface area contributed by atoms with Crippen LogP contribution in [-0.4, -0.2) is 16.7 Å². The fourth-order valence-electron chi connectivity index (χ4n) is 4.11. The maximum absolute atomic E-state index is 12.7. The zero-order valence-electron chi connectivity index (χ0n) is 12.7. The second-order valence-corrected chi connectivity index (χ2v) is 6.77. The molecule has 1 N–H and O–H groups in total. The molecule has 0 bridgehead atoms. The van der Waals surface area contributed by atoms with Crippen LogP contribution >= 0.6 is 0 Å². The third-order valence-corrected chi connectivity index (χ3v) is 5.25. The van der Waals surface area contributed by atoms with E-state index in [1.165, 1.54) is 0 Å². The average Bonchev–Trinajstić information content (AvgIpc) is 2.86. The number of carbonyl (C=O) groups is 2. The first kappa shape index (κ1) is 13.7. The Morgan fingerprint density at radius 1 is 1.32 bits per heavy atom. The van der Waals surface area contributed by atoms with Crippen LogP contribution in [0.5, 0.6) is 0 Å². The Kier molecular flexibility index (Phi) is 2.67. The fourth-order valence-corrected chi connectivity index (χ4v) is 4.11. The molecule has 3 atom stereocenters. The van der Waals surface area contributed by atoms with Gasteiger partial charge in [-0.2, -0.15) is 0 Å². The van der Waals surface area contributed by atoms with Crippen LogP contribution in [0.3, 0.4) is 0 Å². The van der Waals surface area contributed by atoms with Crippen LogP contribution in [-0.2, 0) is 21.6 Å². The Hall–Kier alpha value is -1.94. The molecule has 3 aliphatic rings. The molecule has 0 saturated carbocycles. The monoisotopic (exact) mass is 298 g/mol. The molecule has 0 fully saturated rings. The molecule has 1 aromatic carbocycles. The van der Waals surface area contributed by atoms with Crippen LogP contribution in [0.1, 0.15) is 59.8 Å². The molecular formula is C18H18O4. The van der Waals surface area contributed by atoms with E-state index < -0.39 is 23.4 Å². The highest BCUT2D eigenvalue weighted by Gasteiger charge is 2.48. The number of aliphatic hydroxyl groups is 1. The molecule has 0 amide bonds. The molecular weight excluding hydrogens is 280 g/mol. The van der Waals surface area contributed by atoms with E-state index in [1.54, 1.807) is 13.2 Å². The van der Waals surface area contributed by atoms with Crippen molar-refractivity contribution in [2.45, 2.75) is 44.8 Å². The highest BCUT2D eigenvalue weighted by Crippen LogP contribution is 2.47. The van der Waals surface area contributed by atoms with Gasteiger partial charge in [0.05, 0.1) is 17.8 Å². The summed E-state index contributed by atoms with van der Waals surface area (Å²) < 4.78 is 5.66. The molecule has 1 heterocycles. The summed E-state index contributed by atoms with van der Waals surface area (Å²) >= 11 is 0. The van der Waals surface area contributed by atoms with Gasteiger partial charge in [0, 0.05) is 11.1 Å². The van der Waals surface area contributed by atoms with Crippen molar-refractivity contribution in [1.82, 2.24) is 0 Å². The van der Waals surface area contributed by atoms with Crippen LogP contribution in [0.15, 0.2) is 24.0 Å². The average molecular weight is 298 g/mol. The molecule has 3 unspecified atom stereocenters. The standard InChI is InChI=1S/C18H18O4/c1-9-8-22-17-11-5-6-12-10(4-3-7-18(12,2)21)14(11)16(20)15(19)13(9)17/h5-6,8,13,17,21H,3-4,7H2,1-2H3. The van der Waals surface area contributed by atoms with Crippen LogP contribution in [0.2, 0.25) is 0 Å². The van der Waals surface area contributed by atoms with Crippen LogP contribution in [0.25, 0.3) is 0 Å². The summed E-state index contributed by atoms with van der Waals surface area (Å²) in [6, 6.07) is 3.74. The van der Waals surface area contributed by atoms with Gasteiger partial charge in [0.25, 0.3) is 0 Å². The SMILES string of the molecule is CC1=COC2c3ccc4c(c3C(=O)C(=O)C12)CCCC4(C)O. The number of rotatable bonds is 0. The molecule has 1 aliphatic heterocycles. The lowest BCUT2D eigenvalue weighted by Crippen LogP contribution is -2.37. The second kappa shape index (κ2) is 4.29. The van der Waals surface area contributed by atoms with Crippen molar-refractivity contribution in [2.75, 3.05) is 0 Å². The van der Waals surface area contributed by atoms with Gasteiger partial charge < -0.3 is 9.84 Å². The molecule has 0 radical (unpaired) electrons. The van der Waals surface area contributed by atoms with Crippen LogP contribution < -0.4 is 0 Å². The number of fused-ring (bicyclic) bond motifs is 5. The van der Waals surface area contributed by atoms with E-state index >= 15 is 0 Å². The van der Waals surface area contributed by atoms with Crippen molar-refractivity contribution >= 4 is 11.6 Å². The molecule has 4 rings (SSSR count). The first-order valence-corrected chi connectivity index (χ1v) is 7.71. The Labute approximate surface area is 128 Å².